The molecule has 100 valence electrons. The van der Waals surface area contributed by atoms with E-state index in [-0.39, 0.29) is 16.4 Å². The molecule has 2 rings (SSSR count). The summed E-state index contributed by atoms with van der Waals surface area (Å²) in [6.07, 6.45) is 0. The molecule has 8 nitrogen and oxygen atoms in total. The van der Waals surface area contributed by atoms with E-state index in [4.69, 9.17) is 9.11 Å². The van der Waals surface area contributed by atoms with Crippen LogP contribution in [0.1, 0.15) is 0 Å². The molecule has 1 heterocycles. The van der Waals surface area contributed by atoms with Crippen LogP contribution in [0.15, 0.2) is 34.2 Å². The Bertz CT molecular complexity index is 788. The molecule has 18 heavy (non-hydrogen) atoms. The van der Waals surface area contributed by atoms with Crippen LogP contribution in [0.25, 0.3) is 10.9 Å². The summed E-state index contributed by atoms with van der Waals surface area (Å²) < 4.78 is 62.2. The number of hydrogen-bond donors (Lipinski definition) is 3. The molecule has 2 aromatic rings. The summed E-state index contributed by atoms with van der Waals surface area (Å²) in [7, 11) is -9.54. The molecule has 0 bridgehead atoms. The van der Waals surface area contributed by atoms with Gasteiger partial charge in [-0.3, -0.25) is 9.11 Å². The highest BCUT2D eigenvalue weighted by molar-refractivity contribution is 7.89. The van der Waals surface area contributed by atoms with Gasteiger partial charge in [-0.05, 0) is 6.07 Å². The number of H-pyrrole nitrogens is 1. The Balaban J connectivity index is 0.00000162. The summed E-state index contributed by atoms with van der Waals surface area (Å²) in [5, 5.41) is -0.955. The molecule has 0 atom stereocenters. The van der Waals surface area contributed by atoms with Crippen molar-refractivity contribution in [2.75, 3.05) is 0 Å². The van der Waals surface area contributed by atoms with Gasteiger partial charge in [0.05, 0.1) is 0 Å². The molecule has 0 fully saturated rings. The van der Waals surface area contributed by atoms with Crippen LogP contribution < -0.4 is 0 Å². The molecule has 0 spiro atoms. The normalized spacial score (nSPS) is 12.3. The third kappa shape index (κ3) is 2.37. The highest BCUT2D eigenvalue weighted by Gasteiger charge is 2.28. The molecule has 1 aromatic carbocycles. The van der Waals surface area contributed by atoms with Crippen molar-refractivity contribution in [3.05, 3.63) is 24.3 Å². The maximum atomic E-state index is 11.1. The van der Waals surface area contributed by atoms with Gasteiger partial charge in [0.25, 0.3) is 10.1 Å². The van der Waals surface area contributed by atoms with Gasteiger partial charge >= 0.3 is 10.1 Å². The van der Waals surface area contributed by atoms with Gasteiger partial charge in [-0.2, -0.15) is 16.8 Å². The smallest absolute Gasteiger partial charge is 0.311 e. The Morgan fingerprint density at radius 3 is 2.00 bits per heavy atom. The topological polar surface area (TPSA) is 156 Å². The summed E-state index contributed by atoms with van der Waals surface area (Å²) >= 11 is 0. The van der Waals surface area contributed by atoms with E-state index in [1.54, 1.807) is 6.07 Å². The standard InChI is InChI=1S/C8H7NO6S2.H2O/c10-16(11,12)7-5-3-1-2-4-6(5)9-8(7)17(13,14)15;/h1-4,9H,(H,10,11,12)(H,13,14,15);1H2. The lowest BCUT2D eigenvalue weighted by Gasteiger charge is -1.97. The van der Waals surface area contributed by atoms with Crippen LogP contribution in [0.3, 0.4) is 0 Å². The van der Waals surface area contributed by atoms with Gasteiger partial charge in [0, 0.05) is 10.9 Å². The molecule has 0 aliphatic rings. The summed E-state index contributed by atoms with van der Waals surface area (Å²) in [6.45, 7) is 0. The maximum Gasteiger partial charge on any atom is 0.311 e. The average Bonchev–Trinajstić information content (AvgIpc) is 2.54. The van der Waals surface area contributed by atoms with E-state index < -0.39 is 30.2 Å². The fourth-order valence-corrected chi connectivity index (χ4v) is 3.49. The van der Waals surface area contributed by atoms with Crippen LogP contribution in [0.4, 0.5) is 0 Å². The Labute approximate surface area is 102 Å². The number of para-hydroxylation sites is 1. The molecule has 0 saturated carbocycles. The number of aromatic amines is 1. The lowest BCUT2D eigenvalue weighted by molar-refractivity contribution is 0.465. The zero-order chi connectivity index (χ0) is 12.8. The van der Waals surface area contributed by atoms with E-state index >= 15 is 0 Å². The van der Waals surface area contributed by atoms with Crippen molar-refractivity contribution in [3.8, 4) is 0 Å². The number of nitrogens with one attached hydrogen (secondary N) is 1. The van der Waals surface area contributed by atoms with Crippen LogP contribution in [-0.2, 0) is 20.2 Å². The molecule has 0 amide bonds. The Morgan fingerprint density at radius 2 is 1.50 bits per heavy atom. The van der Waals surface area contributed by atoms with Crippen molar-refractivity contribution >= 4 is 31.1 Å². The van der Waals surface area contributed by atoms with Gasteiger partial charge in [-0.15, -0.1) is 0 Å². The number of aromatic nitrogens is 1. The molecule has 0 unspecified atom stereocenters. The summed E-state index contributed by atoms with van der Waals surface area (Å²) in [4.78, 5) is 1.38. The maximum absolute atomic E-state index is 11.1. The van der Waals surface area contributed by atoms with Crippen LogP contribution >= 0.6 is 0 Å². The molecule has 0 saturated heterocycles. The van der Waals surface area contributed by atoms with Crippen molar-refractivity contribution in [1.29, 1.82) is 0 Å². The van der Waals surface area contributed by atoms with Crippen molar-refractivity contribution in [2.45, 2.75) is 9.92 Å². The van der Waals surface area contributed by atoms with Crippen molar-refractivity contribution in [1.82, 2.24) is 4.98 Å². The first-order valence-corrected chi connectivity index (χ1v) is 7.15. The van der Waals surface area contributed by atoms with E-state index in [1.165, 1.54) is 18.2 Å². The van der Waals surface area contributed by atoms with Crippen LogP contribution in [0.5, 0.6) is 0 Å². The zero-order valence-corrected chi connectivity index (χ0v) is 10.3. The molecular formula is C8H9NO7S2. The van der Waals surface area contributed by atoms with Crippen LogP contribution in [0, 0.1) is 0 Å². The van der Waals surface area contributed by atoms with Crippen LogP contribution in [0.2, 0.25) is 0 Å². The zero-order valence-electron chi connectivity index (χ0n) is 8.65. The summed E-state index contributed by atoms with van der Waals surface area (Å²) in [6, 6.07) is 5.74. The minimum absolute atomic E-state index is 0. The minimum Gasteiger partial charge on any atom is -0.412 e. The fraction of sp³-hybridized carbons (Fsp3) is 0. The predicted octanol–water partition coefficient (Wildman–Crippen LogP) is -0.163. The molecule has 0 radical (unpaired) electrons. The highest BCUT2D eigenvalue weighted by atomic mass is 32.2. The molecule has 0 aliphatic carbocycles. The van der Waals surface area contributed by atoms with E-state index in [2.05, 4.69) is 4.98 Å². The largest absolute Gasteiger partial charge is 0.412 e. The predicted molar refractivity (Wildman–Crippen MR) is 61.5 cm³/mol. The first-order chi connectivity index (χ1) is 7.71. The fourth-order valence-electron chi connectivity index (χ4n) is 1.53. The van der Waals surface area contributed by atoms with E-state index in [9.17, 15) is 16.8 Å². The lowest BCUT2D eigenvalue weighted by atomic mass is 10.2. The second-order valence-electron chi connectivity index (χ2n) is 3.28. The van der Waals surface area contributed by atoms with Crippen molar-refractivity contribution in [2.24, 2.45) is 0 Å². The van der Waals surface area contributed by atoms with Crippen LogP contribution in [-0.4, -0.2) is 36.4 Å². The monoisotopic (exact) mass is 295 g/mol. The van der Waals surface area contributed by atoms with Gasteiger partial charge in [0.15, 0.2) is 5.03 Å². The first kappa shape index (κ1) is 14.6. The lowest BCUT2D eigenvalue weighted by Crippen LogP contribution is -2.07. The second-order valence-corrected chi connectivity index (χ2v) is 6.00. The molecule has 0 aliphatic heterocycles. The molecule has 10 heteroatoms. The third-order valence-electron chi connectivity index (χ3n) is 2.14. The molecule has 5 N–H and O–H groups in total. The van der Waals surface area contributed by atoms with Gasteiger partial charge in [0.2, 0.25) is 0 Å². The molecular weight excluding hydrogens is 286 g/mol. The summed E-state index contributed by atoms with van der Waals surface area (Å²) in [5.74, 6) is 0. The average molecular weight is 295 g/mol. The Hall–Kier alpha value is -1.46. The van der Waals surface area contributed by atoms with E-state index in [0.29, 0.717) is 0 Å². The quantitative estimate of drug-likeness (QED) is 0.653. The SMILES string of the molecule is O.O=S(=O)(O)c1[nH]c2ccccc2c1S(=O)(=O)O. The van der Waals surface area contributed by atoms with Gasteiger partial charge < -0.3 is 10.5 Å². The highest BCUT2D eigenvalue weighted by Crippen LogP contribution is 2.29. The number of benzene rings is 1. The van der Waals surface area contributed by atoms with Crippen molar-refractivity contribution < 1.29 is 31.4 Å². The van der Waals surface area contributed by atoms with Gasteiger partial charge in [-0.25, -0.2) is 0 Å². The van der Waals surface area contributed by atoms with Crippen molar-refractivity contribution in [3.63, 3.8) is 0 Å². The number of fused-ring (bicyclic) bond motifs is 1. The Morgan fingerprint density at radius 1 is 0.944 bits per heavy atom. The van der Waals surface area contributed by atoms with Gasteiger partial charge in [-0.1, -0.05) is 18.2 Å². The molecule has 1 aromatic heterocycles. The summed E-state index contributed by atoms with van der Waals surface area (Å²) in [5.41, 5.74) is 0.174. The van der Waals surface area contributed by atoms with Gasteiger partial charge in [0.1, 0.15) is 4.90 Å². The minimum atomic E-state index is -4.77. The Kier molecular flexibility index (Phi) is 3.51. The number of rotatable bonds is 2. The second kappa shape index (κ2) is 4.33. The van der Waals surface area contributed by atoms with E-state index in [0.717, 1.165) is 0 Å². The van der Waals surface area contributed by atoms with E-state index in [1.807, 2.05) is 0 Å². The first-order valence-electron chi connectivity index (χ1n) is 4.27. The third-order valence-corrected chi connectivity index (χ3v) is 4.03. The number of hydrogen-bond acceptors (Lipinski definition) is 4.